The third kappa shape index (κ3) is 6.32. The van der Waals surface area contributed by atoms with Gasteiger partial charge in [-0.2, -0.15) is 0 Å². The summed E-state index contributed by atoms with van der Waals surface area (Å²) in [5.41, 5.74) is 3.78. The number of amides is 1. The summed E-state index contributed by atoms with van der Waals surface area (Å²) in [6, 6.07) is 14.6. The lowest BCUT2D eigenvalue weighted by molar-refractivity contribution is -0.139. The molecule has 0 radical (unpaired) electrons. The molecular weight excluding hydrogens is 506 g/mol. The van der Waals surface area contributed by atoms with Crippen LogP contribution in [0.1, 0.15) is 33.6 Å². The number of hydrogen-bond acceptors (Lipinski definition) is 7. The molecule has 200 valence electrons. The van der Waals surface area contributed by atoms with Gasteiger partial charge in [-0.25, -0.2) is 9.59 Å². The van der Waals surface area contributed by atoms with Crippen molar-refractivity contribution in [3.63, 3.8) is 0 Å². The number of carboxylic acid groups (broad SMARTS) is 2. The van der Waals surface area contributed by atoms with Crippen LogP contribution in [0.4, 0.5) is 11.4 Å². The number of carboxylic acids is 2. The van der Waals surface area contributed by atoms with Gasteiger partial charge in [-0.05, 0) is 75.0 Å². The van der Waals surface area contributed by atoms with Gasteiger partial charge in [0.15, 0.2) is 11.5 Å². The minimum atomic E-state index is -1.19. The standard InChI is InChI=1S/C28H31N3O6S/c1-16-6-3-4-9-21(16)31-27(34)23(18-10-12-29-13-11-18)30-20-8-5-7-19(14-20)25-17(2)24(37-15-22(32)33)26(38-25)28(35)36/h3-9,14,18,23,29-30H,10-13,15H2,1-2H3,(H,31,34)(H,32,33)(H,35,36). The molecule has 0 aliphatic carbocycles. The largest absolute Gasteiger partial charge is 0.480 e. The summed E-state index contributed by atoms with van der Waals surface area (Å²) in [6.45, 7) is 4.71. The Morgan fingerprint density at radius 3 is 2.50 bits per heavy atom. The molecule has 1 atom stereocenters. The molecule has 1 aliphatic heterocycles. The van der Waals surface area contributed by atoms with Crippen molar-refractivity contribution in [2.45, 2.75) is 32.7 Å². The van der Waals surface area contributed by atoms with E-state index < -0.39 is 24.6 Å². The van der Waals surface area contributed by atoms with Crippen LogP contribution in [0, 0.1) is 19.8 Å². The Balaban J connectivity index is 1.63. The Hall–Kier alpha value is -3.89. The molecule has 2 heterocycles. The molecule has 3 aromatic rings. The van der Waals surface area contributed by atoms with E-state index in [1.807, 2.05) is 55.5 Å². The number of hydrogen-bond donors (Lipinski definition) is 5. The van der Waals surface area contributed by atoms with Gasteiger partial charge >= 0.3 is 11.9 Å². The molecule has 0 bridgehead atoms. The summed E-state index contributed by atoms with van der Waals surface area (Å²) >= 11 is 1.03. The van der Waals surface area contributed by atoms with Crippen LogP contribution in [0.3, 0.4) is 0 Å². The molecule has 1 unspecified atom stereocenters. The number of aromatic carboxylic acids is 1. The second-order valence-electron chi connectivity index (χ2n) is 9.30. The van der Waals surface area contributed by atoms with E-state index in [0.717, 1.165) is 59.8 Å². The van der Waals surface area contributed by atoms with Crippen molar-refractivity contribution in [1.82, 2.24) is 5.32 Å². The zero-order valence-electron chi connectivity index (χ0n) is 21.2. The Labute approximate surface area is 224 Å². The Kier molecular flexibility index (Phi) is 8.65. The molecule has 1 aromatic heterocycles. The highest BCUT2D eigenvalue weighted by Gasteiger charge is 2.30. The van der Waals surface area contributed by atoms with Gasteiger partial charge in [0.25, 0.3) is 0 Å². The average Bonchev–Trinajstić information content (AvgIpc) is 3.24. The third-order valence-electron chi connectivity index (χ3n) is 6.61. The number of carbonyl (C=O) groups is 3. The summed E-state index contributed by atoms with van der Waals surface area (Å²) in [5.74, 6) is -2.29. The number of benzene rings is 2. The lowest BCUT2D eigenvalue weighted by Crippen LogP contribution is -2.45. The average molecular weight is 538 g/mol. The number of anilines is 2. The molecule has 0 spiro atoms. The van der Waals surface area contributed by atoms with Gasteiger partial charge in [0.05, 0.1) is 0 Å². The van der Waals surface area contributed by atoms with E-state index in [9.17, 15) is 19.5 Å². The fourth-order valence-corrected chi connectivity index (χ4v) is 5.74. The SMILES string of the molecule is Cc1ccccc1NC(=O)C(Nc1cccc(-c2sc(C(=O)O)c(OCC(=O)O)c2C)c1)C1CCNCC1. The van der Waals surface area contributed by atoms with Crippen LogP contribution in [0.25, 0.3) is 10.4 Å². The molecular formula is C28H31N3O6S. The molecule has 1 amide bonds. The van der Waals surface area contributed by atoms with Crippen LogP contribution in [0.2, 0.25) is 0 Å². The van der Waals surface area contributed by atoms with Crippen molar-refractivity contribution >= 4 is 40.6 Å². The monoisotopic (exact) mass is 537 g/mol. The number of nitrogens with one attached hydrogen (secondary N) is 3. The highest BCUT2D eigenvalue weighted by molar-refractivity contribution is 7.18. The zero-order valence-corrected chi connectivity index (χ0v) is 22.1. The van der Waals surface area contributed by atoms with Crippen molar-refractivity contribution in [2.75, 3.05) is 30.3 Å². The van der Waals surface area contributed by atoms with Crippen molar-refractivity contribution in [2.24, 2.45) is 5.92 Å². The molecule has 5 N–H and O–H groups in total. The Morgan fingerprint density at radius 1 is 1.08 bits per heavy atom. The highest BCUT2D eigenvalue weighted by Crippen LogP contribution is 2.42. The summed E-state index contributed by atoms with van der Waals surface area (Å²) in [6.07, 6.45) is 1.71. The van der Waals surface area contributed by atoms with E-state index in [-0.39, 0.29) is 22.5 Å². The molecule has 1 saturated heterocycles. The molecule has 38 heavy (non-hydrogen) atoms. The number of carbonyl (C=O) groups excluding carboxylic acids is 1. The lowest BCUT2D eigenvalue weighted by atomic mass is 9.89. The van der Waals surface area contributed by atoms with E-state index in [1.54, 1.807) is 6.92 Å². The minimum absolute atomic E-state index is 0.0534. The first-order valence-electron chi connectivity index (χ1n) is 12.4. The summed E-state index contributed by atoms with van der Waals surface area (Å²) in [4.78, 5) is 36.9. The normalized spacial score (nSPS) is 14.5. The smallest absolute Gasteiger partial charge is 0.349 e. The second-order valence-corrected chi connectivity index (χ2v) is 10.3. The number of aryl methyl sites for hydroxylation is 1. The molecule has 4 rings (SSSR count). The maximum Gasteiger partial charge on any atom is 0.349 e. The maximum atomic E-state index is 13.5. The minimum Gasteiger partial charge on any atom is -0.480 e. The lowest BCUT2D eigenvalue weighted by Gasteiger charge is -2.31. The first kappa shape index (κ1) is 27.2. The summed E-state index contributed by atoms with van der Waals surface area (Å²) in [5, 5.41) is 28.5. The van der Waals surface area contributed by atoms with Crippen LogP contribution in [-0.4, -0.2) is 53.8 Å². The fraction of sp³-hybridized carbons (Fsp3) is 0.321. The van der Waals surface area contributed by atoms with Crippen molar-refractivity contribution in [1.29, 1.82) is 0 Å². The maximum absolute atomic E-state index is 13.5. The first-order valence-corrected chi connectivity index (χ1v) is 13.2. The van der Waals surface area contributed by atoms with Crippen LogP contribution >= 0.6 is 11.3 Å². The van der Waals surface area contributed by atoms with Gasteiger partial charge < -0.3 is 30.9 Å². The van der Waals surface area contributed by atoms with Crippen molar-refractivity contribution in [3.8, 4) is 16.2 Å². The van der Waals surface area contributed by atoms with E-state index in [4.69, 9.17) is 9.84 Å². The van der Waals surface area contributed by atoms with Crippen LogP contribution in [0.15, 0.2) is 48.5 Å². The third-order valence-corrected chi connectivity index (χ3v) is 7.92. The molecule has 0 saturated carbocycles. The van der Waals surface area contributed by atoms with Crippen molar-refractivity contribution < 1.29 is 29.3 Å². The number of rotatable bonds is 10. The second kappa shape index (κ2) is 12.1. The van der Waals surface area contributed by atoms with E-state index in [0.29, 0.717) is 10.4 Å². The van der Waals surface area contributed by atoms with Gasteiger partial charge in [-0.15, -0.1) is 11.3 Å². The topological polar surface area (TPSA) is 137 Å². The first-order chi connectivity index (χ1) is 18.2. The molecule has 2 aromatic carbocycles. The van der Waals surface area contributed by atoms with Crippen LogP contribution < -0.4 is 20.7 Å². The van der Waals surface area contributed by atoms with Crippen LogP contribution in [0.5, 0.6) is 5.75 Å². The number of aliphatic carboxylic acids is 1. The predicted octanol–water partition coefficient (Wildman–Crippen LogP) is 4.61. The van der Waals surface area contributed by atoms with E-state index in [2.05, 4.69) is 16.0 Å². The summed E-state index contributed by atoms with van der Waals surface area (Å²) in [7, 11) is 0. The molecule has 10 heteroatoms. The van der Waals surface area contributed by atoms with Crippen molar-refractivity contribution in [3.05, 3.63) is 64.5 Å². The highest BCUT2D eigenvalue weighted by atomic mass is 32.1. The molecule has 1 fully saturated rings. The summed E-state index contributed by atoms with van der Waals surface area (Å²) < 4.78 is 5.32. The number of thiophene rings is 1. The Bertz CT molecular complexity index is 1330. The van der Waals surface area contributed by atoms with E-state index >= 15 is 0 Å². The van der Waals surface area contributed by atoms with Crippen LogP contribution in [-0.2, 0) is 9.59 Å². The van der Waals surface area contributed by atoms with Gasteiger partial charge in [-0.3, -0.25) is 4.79 Å². The predicted molar refractivity (Wildman–Crippen MR) is 147 cm³/mol. The van der Waals surface area contributed by atoms with Gasteiger partial charge in [-0.1, -0.05) is 30.3 Å². The molecule has 9 nitrogen and oxygen atoms in total. The zero-order chi connectivity index (χ0) is 27.2. The number of para-hydroxylation sites is 1. The number of piperidine rings is 1. The quantitative estimate of drug-likeness (QED) is 0.253. The van der Waals surface area contributed by atoms with Gasteiger partial charge in [0.1, 0.15) is 11.8 Å². The Morgan fingerprint density at radius 2 is 1.82 bits per heavy atom. The number of ether oxygens (including phenoxy) is 1. The molecule has 1 aliphatic rings. The van der Waals surface area contributed by atoms with Gasteiger partial charge in [0, 0.05) is 21.8 Å². The fourth-order valence-electron chi connectivity index (χ4n) is 4.65. The van der Waals surface area contributed by atoms with Gasteiger partial charge in [0.2, 0.25) is 5.91 Å². The van der Waals surface area contributed by atoms with E-state index in [1.165, 1.54) is 0 Å².